The van der Waals surface area contributed by atoms with Gasteiger partial charge in [-0.1, -0.05) is 13.3 Å². The summed E-state index contributed by atoms with van der Waals surface area (Å²) in [4.78, 5) is 14.6. The first-order valence-electron chi connectivity index (χ1n) is 7.14. The average Bonchev–Trinajstić information content (AvgIpc) is 2.72. The first kappa shape index (κ1) is 14.1. The fourth-order valence-corrected chi connectivity index (χ4v) is 3.05. The van der Waals surface area contributed by atoms with Gasteiger partial charge >= 0.3 is 0 Å². The molecule has 2 heterocycles. The molecule has 1 aromatic rings. The van der Waals surface area contributed by atoms with Crippen molar-refractivity contribution in [2.45, 2.75) is 58.7 Å². The van der Waals surface area contributed by atoms with Gasteiger partial charge in [-0.15, -0.1) is 0 Å². The first-order valence-corrected chi connectivity index (χ1v) is 7.14. The van der Waals surface area contributed by atoms with Crippen molar-refractivity contribution in [1.29, 1.82) is 0 Å². The van der Waals surface area contributed by atoms with Gasteiger partial charge in [-0.25, -0.2) is 0 Å². The van der Waals surface area contributed by atoms with Crippen molar-refractivity contribution in [3.05, 3.63) is 23.5 Å². The quantitative estimate of drug-likeness (QED) is 0.909. The lowest BCUT2D eigenvalue weighted by Gasteiger charge is -2.39. The molecule has 1 aliphatic rings. The second kappa shape index (κ2) is 5.00. The Morgan fingerprint density at radius 2 is 2.16 bits per heavy atom. The Kier molecular flexibility index (Phi) is 3.72. The highest BCUT2D eigenvalue weighted by atomic mass is 16.2. The summed E-state index contributed by atoms with van der Waals surface area (Å²) in [5, 5.41) is 0. The third-order valence-corrected chi connectivity index (χ3v) is 4.21. The Hall–Kier alpha value is -1.29. The second-order valence-electron chi connectivity index (χ2n) is 5.89. The zero-order valence-corrected chi connectivity index (χ0v) is 12.4. The van der Waals surface area contributed by atoms with Crippen molar-refractivity contribution >= 4 is 5.91 Å². The topological polar surface area (TPSA) is 51.3 Å². The molecule has 2 rings (SSSR count). The number of hydrogen-bond donors (Lipinski definition) is 1. The molecule has 1 amide bonds. The van der Waals surface area contributed by atoms with Crippen molar-refractivity contribution in [3.63, 3.8) is 0 Å². The van der Waals surface area contributed by atoms with Crippen LogP contribution in [0.3, 0.4) is 0 Å². The summed E-state index contributed by atoms with van der Waals surface area (Å²) in [5.74, 6) is 0.0759. The Bertz CT molecular complexity index is 476. The molecule has 2 unspecified atom stereocenters. The van der Waals surface area contributed by atoms with Gasteiger partial charge in [0.15, 0.2) is 0 Å². The van der Waals surface area contributed by atoms with E-state index in [-0.39, 0.29) is 11.9 Å². The zero-order chi connectivity index (χ0) is 14.2. The molecule has 1 aliphatic heterocycles. The van der Waals surface area contributed by atoms with Gasteiger partial charge in [-0.2, -0.15) is 0 Å². The Morgan fingerprint density at radius 3 is 2.79 bits per heavy atom. The maximum Gasteiger partial charge on any atom is 0.242 e. The predicted octanol–water partition coefficient (Wildman–Crippen LogP) is 2.22. The van der Waals surface area contributed by atoms with Crippen molar-refractivity contribution in [2.24, 2.45) is 5.73 Å². The number of carbonyl (C=O) groups excluding carboxylic acids is 1. The van der Waals surface area contributed by atoms with Crippen molar-refractivity contribution < 1.29 is 4.79 Å². The molecule has 1 aromatic heterocycles. The summed E-state index contributed by atoms with van der Waals surface area (Å²) < 4.78 is 2.29. The Morgan fingerprint density at radius 1 is 1.47 bits per heavy atom. The van der Waals surface area contributed by atoms with E-state index in [0.717, 1.165) is 25.9 Å². The number of nitrogens with two attached hydrogens (primary N) is 1. The average molecular weight is 263 g/mol. The van der Waals surface area contributed by atoms with E-state index in [2.05, 4.69) is 37.5 Å². The summed E-state index contributed by atoms with van der Waals surface area (Å²) in [6.45, 7) is 9.73. The lowest BCUT2D eigenvalue weighted by molar-refractivity contribution is -0.140. The molecular formula is C15H25N3O. The molecule has 0 saturated heterocycles. The third kappa shape index (κ3) is 2.41. The van der Waals surface area contributed by atoms with Crippen LogP contribution in [0.5, 0.6) is 0 Å². The normalized spacial score (nSPS) is 21.9. The van der Waals surface area contributed by atoms with E-state index in [0.29, 0.717) is 0 Å². The first-order chi connectivity index (χ1) is 8.88. The lowest BCUT2D eigenvalue weighted by atomic mass is 9.94. The maximum absolute atomic E-state index is 12.6. The number of hydrogen-bond acceptors (Lipinski definition) is 2. The van der Waals surface area contributed by atoms with Crippen LogP contribution in [0, 0.1) is 6.92 Å². The van der Waals surface area contributed by atoms with E-state index in [9.17, 15) is 4.79 Å². The van der Waals surface area contributed by atoms with E-state index in [1.54, 1.807) is 0 Å². The molecule has 2 atom stereocenters. The molecule has 0 fully saturated rings. The van der Waals surface area contributed by atoms with E-state index < -0.39 is 5.54 Å². The smallest absolute Gasteiger partial charge is 0.242 e. The molecule has 0 aromatic carbocycles. The van der Waals surface area contributed by atoms with Crippen molar-refractivity contribution in [1.82, 2.24) is 9.47 Å². The minimum absolute atomic E-state index is 0.0759. The van der Waals surface area contributed by atoms with E-state index in [1.165, 1.54) is 11.4 Å². The number of aromatic nitrogens is 1. The highest BCUT2D eigenvalue weighted by Gasteiger charge is 2.36. The molecule has 4 nitrogen and oxygen atoms in total. The number of fused-ring (bicyclic) bond motifs is 1. The molecule has 4 heteroatoms. The molecule has 0 radical (unpaired) electrons. The van der Waals surface area contributed by atoms with Gasteiger partial charge in [0, 0.05) is 24.5 Å². The van der Waals surface area contributed by atoms with Gasteiger partial charge in [-0.3, -0.25) is 4.79 Å². The highest BCUT2D eigenvalue weighted by molar-refractivity contribution is 5.86. The lowest BCUT2D eigenvalue weighted by Crippen LogP contribution is -2.55. The molecular weight excluding hydrogens is 238 g/mol. The van der Waals surface area contributed by atoms with Crippen LogP contribution in [0.2, 0.25) is 0 Å². The third-order valence-electron chi connectivity index (χ3n) is 4.21. The fourth-order valence-electron chi connectivity index (χ4n) is 3.05. The summed E-state index contributed by atoms with van der Waals surface area (Å²) in [6.07, 6.45) is 1.66. The van der Waals surface area contributed by atoms with Gasteiger partial charge in [0.05, 0.1) is 11.6 Å². The number of aryl methyl sites for hydroxylation is 1. The Labute approximate surface area is 115 Å². The van der Waals surface area contributed by atoms with Crippen LogP contribution in [0.4, 0.5) is 0 Å². The van der Waals surface area contributed by atoms with Gasteiger partial charge in [-0.05, 0) is 39.3 Å². The van der Waals surface area contributed by atoms with Gasteiger partial charge in [0.25, 0.3) is 0 Å². The second-order valence-corrected chi connectivity index (χ2v) is 5.89. The van der Waals surface area contributed by atoms with Crippen LogP contribution in [0.25, 0.3) is 0 Å². The monoisotopic (exact) mass is 263 g/mol. The summed E-state index contributed by atoms with van der Waals surface area (Å²) in [5.41, 5.74) is 7.92. The number of rotatable bonds is 3. The van der Waals surface area contributed by atoms with Gasteiger partial charge in [0.2, 0.25) is 5.91 Å². The predicted molar refractivity (Wildman–Crippen MR) is 76.8 cm³/mol. The zero-order valence-electron chi connectivity index (χ0n) is 12.4. The summed E-state index contributed by atoms with van der Waals surface area (Å²) in [7, 11) is 0. The standard InChI is InChI=1S/C15H25N3O/c1-5-8-15(4,16)14(19)18-10-9-17-11(2)6-7-13(17)12(18)3/h6-7,12H,5,8-10,16H2,1-4H3. The highest BCUT2D eigenvalue weighted by Crippen LogP contribution is 2.29. The SMILES string of the molecule is CCCC(C)(N)C(=O)N1CCn2c(C)ccc2C1C. The number of nitrogens with zero attached hydrogens (tertiary/aromatic N) is 2. The molecule has 106 valence electrons. The van der Waals surface area contributed by atoms with Crippen LogP contribution < -0.4 is 5.73 Å². The minimum Gasteiger partial charge on any atom is -0.345 e. The molecule has 0 spiro atoms. The van der Waals surface area contributed by atoms with Crippen molar-refractivity contribution in [3.8, 4) is 0 Å². The molecule has 0 bridgehead atoms. The fraction of sp³-hybridized carbons (Fsp3) is 0.667. The maximum atomic E-state index is 12.6. The van der Waals surface area contributed by atoms with E-state index >= 15 is 0 Å². The number of carbonyl (C=O) groups is 1. The van der Waals surface area contributed by atoms with Crippen LogP contribution in [-0.2, 0) is 11.3 Å². The summed E-state index contributed by atoms with van der Waals surface area (Å²) >= 11 is 0. The minimum atomic E-state index is -0.743. The van der Waals surface area contributed by atoms with E-state index in [4.69, 9.17) is 5.73 Å². The number of amides is 1. The molecule has 2 N–H and O–H groups in total. The molecule has 0 saturated carbocycles. The van der Waals surface area contributed by atoms with Crippen molar-refractivity contribution in [2.75, 3.05) is 6.54 Å². The molecule has 0 aliphatic carbocycles. The van der Waals surface area contributed by atoms with Crippen LogP contribution in [0.15, 0.2) is 12.1 Å². The van der Waals surface area contributed by atoms with Crippen LogP contribution >= 0.6 is 0 Å². The van der Waals surface area contributed by atoms with Crippen LogP contribution in [0.1, 0.15) is 51.0 Å². The Balaban J connectivity index is 2.22. The largest absolute Gasteiger partial charge is 0.345 e. The van der Waals surface area contributed by atoms with Gasteiger partial charge in [0.1, 0.15) is 0 Å². The molecule has 19 heavy (non-hydrogen) atoms. The summed E-state index contributed by atoms with van der Waals surface area (Å²) in [6, 6.07) is 4.34. The van der Waals surface area contributed by atoms with Gasteiger partial charge < -0.3 is 15.2 Å². The van der Waals surface area contributed by atoms with E-state index in [1.807, 2.05) is 11.8 Å². The van der Waals surface area contributed by atoms with Crippen LogP contribution in [-0.4, -0.2) is 27.5 Å².